The Kier molecular flexibility index (Phi) is 6.49. The summed E-state index contributed by atoms with van der Waals surface area (Å²) < 4.78 is 29.4. The van der Waals surface area contributed by atoms with Crippen molar-refractivity contribution < 1.29 is 23.5 Å². The Morgan fingerprint density at radius 1 is 1.08 bits per heavy atom. The van der Waals surface area contributed by atoms with Crippen LogP contribution in [-0.2, 0) is 9.59 Å². The van der Waals surface area contributed by atoms with Crippen LogP contribution in [-0.4, -0.2) is 52.3 Å². The number of halogens is 3. The average Bonchev–Trinajstić information content (AvgIpc) is 3.08. The molecule has 3 aliphatic rings. The van der Waals surface area contributed by atoms with Gasteiger partial charge >= 0.3 is 5.97 Å². The van der Waals surface area contributed by atoms with Gasteiger partial charge in [-0.1, -0.05) is 12.8 Å². The highest BCUT2D eigenvalue weighted by Gasteiger charge is 2.44. The Hall–Kier alpha value is -0.820. The highest BCUT2D eigenvalue weighted by Crippen LogP contribution is 2.42. The Balaban J connectivity index is 1.64. The number of amides is 1. The Bertz CT molecular complexity index is 591. The van der Waals surface area contributed by atoms with Crippen molar-refractivity contribution in [3.8, 4) is 0 Å². The maximum absolute atomic E-state index is 14.7. The molecule has 0 radical (unpaired) electrons. The van der Waals surface area contributed by atoms with Crippen molar-refractivity contribution in [3.63, 3.8) is 0 Å². The van der Waals surface area contributed by atoms with E-state index in [2.05, 4.69) is 5.32 Å². The first-order valence-corrected chi connectivity index (χ1v) is 10.7. The van der Waals surface area contributed by atoms with E-state index in [4.69, 9.17) is 16.7 Å². The number of carbonyl (C=O) groups excluding carboxylic acids is 1. The minimum atomic E-state index is -1.48. The molecule has 146 valence electrons. The maximum Gasteiger partial charge on any atom is 0.332 e. The molecule has 8 heteroatoms. The van der Waals surface area contributed by atoms with E-state index in [9.17, 15) is 18.4 Å². The summed E-state index contributed by atoms with van der Waals surface area (Å²) in [4.78, 5) is 23.5. The normalized spacial score (nSPS) is 38.3. The van der Waals surface area contributed by atoms with Crippen molar-refractivity contribution in [3.05, 3.63) is 11.1 Å². The van der Waals surface area contributed by atoms with Crippen molar-refractivity contribution in [1.82, 2.24) is 5.32 Å². The van der Waals surface area contributed by atoms with Crippen LogP contribution in [0.3, 0.4) is 0 Å². The summed E-state index contributed by atoms with van der Waals surface area (Å²) >= 11 is 7.70. The second-order valence-electron chi connectivity index (χ2n) is 7.48. The average molecular weight is 408 g/mol. The van der Waals surface area contributed by atoms with Crippen molar-refractivity contribution in [2.24, 2.45) is 11.8 Å². The number of carboxylic acids is 1. The maximum atomic E-state index is 14.7. The number of carbonyl (C=O) groups is 2. The van der Waals surface area contributed by atoms with Crippen molar-refractivity contribution in [2.45, 2.75) is 62.3 Å². The molecule has 2 aliphatic carbocycles. The Labute approximate surface area is 161 Å². The lowest BCUT2D eigenvalue weighted by Crippen LogP contribution is -2.53. The minimum absolute atomic E-state index is 0.0270. The molecule has 1 heterocycles. The first-order chi connectivity index (χ1) is 12.4. The van der Waals surface area contributed by atoms with E-state index < -0.39 is 30.3 Å². The number of rotatable bonds is 4. The molecule has 2 N–H and O–H groups in total. The van der Waals surface area contributed by atoms with Crippen LogP contribution >= 0.6 is 23.4 Å². The Morgan fingerprint density at radius 2 is 1.69 bits per heavy atom. The van der Waals surface area contributed by atoms with Gasteiger partial charge in [-0.25, -0.2) is 13.6 Å². The fourth-order valence-corrected chi connectivity index (χ4v) is 6.03. The molecule has 4 atom stereocenters. The molecule has 2 saturated carbocycles. The zero-order valence-electron chi connectivity index (χ0n) is 14.4. The first-order valence-electron chi connectivity index (χ1n) is 9.14. The fraction of sp³-hybridized carbons (Fsp3) is 0.778. The van der Waals surface area contributed by atoms with Gasteiger partial charge in [0.05, 0.1) is 11.6 Å². The zero-order chi connectivity index (χ0) is 18.8. The second kappa shape index (κ2) is 8.46. The van der Waals surface area contributed by atoms with Gasteiger partial charge in [0.15, 0.2) is 0 Å². The predicted molar refractivity (Wildman–Crippen MR) is 98.0 cm³/mol. The van der Waals surface area contributed by atoms with Crippen LogP contribution in [0.5, 0.6) is 0 Å². The number of hydrogen-bond acceptors (Lipinski definition) is 3. The van der Waals surface area contributed by atoms with E-state index in [-0.39, 0.29) is 52.7 Å². The van der Waals surface area contributed by atoms with E-state index in [1.165, 1.54) is 11.8 Å². The standard InChI is InChI=1S/C18H24ClF2NO3S/c19-13-4-2-1-3-10(13)9-5-14(20)16(15(21)6-9)22-17(23)11-7-26-8-12(11)18(24)25/h9-10,13-16H,1-8H2,(H,22,23)(H,24,25). The molecule has 0 saturated heterocycles. The molecule has 1 aliphatic heterocycles. The van der Waals surface area contributed by atoms with Gasteiger partial charge in [-0.3, -0.25) is 4.79 Å². The van der Waals surface area contributed by atoms with Crippen molar-refractivity contribution >= 4 is 35.2 Å². The number of alkyl halides is 3. The molecule has 0 aromatic rings. The quantitative estimate of drug-likeness (QED) is 0.700. The summed E-state index contributed by atoms with van der Waals surface area (Å²) in [7, 11) is 0. The molecule has 0 aromatic heterocycles. The molecule has 3 rings (SSSR count). The monoisotopic (exact) mass is 407 g/mol. The molecule has 1 amide bonds. The summed E-state index contributed by atoms with van der Waals surface area (Å²) in [5.41, 5.74) is 0.149. The topological polar surface area (TPSA) is 66.4 Å². The molecule has 4 unspecified atom stereocenters. The summed E-state index contributed by atoms with van der Waals surface area (Å²) in [6.07, 6.45) is 1.32. The lowest BCUT2D eigenvalue weighted by atomic mass is 9.71. The van der Waals surface area contributed by atoms with Gasteiger partial charge in [-0.05, 0) is 37.5 Å². The van der Waals surface area contributed by atoms with E-state index in [0.717, 1.165) is 25.7 Å². The number of aliphatic carboxylic acids is 1. The third-order valence-corrected chi connectivity index (χ3v) is 7.39. The van der Waals surface area contributed by atoms with Gasteiger partial charge in [0.2, 0.25) is 5.91 Å². The highest BCUT2D eigenvalue weighted by molar-refractivity contribution is 8.00. The van der Waals surface area contributed by atoms with E-state index in [1.54, 1.807) is 0 Å². The van der Waals surface area contributed by atoms with Gasteiger partial charge < -0.3 is 10.4 Å². The van der Waals surface area contributed by atoms with Crippen LogP contribution in [0, 0.1) is 11.8 Å². The fourth-order valence-electron chi connectivity index (χ4n) is 4.43. The van der Waals surface area contributed by atoms with Gasteiger partial charge in [0.1, 0.15) is 12.3 Å². The molecule has 2 fully saturated rings. The SMILES string of the molecule is O=C(O)C1=C(C(=O)NC2C(F)CC(C3CCCCC3Cl)CC2F)CSC1. The lowest BCUT2D eigenvalue weighted by Gasteiger charge is -2.41. The third-order valence-electron chi connectivity index (χ3n) is 5.86. The van der Waals surface area contributed by atoms with Crippen LogP contribution in [0.4, 0.5) is 8.78 Å². The molecule has 26 heavy (non-hydrogen) atoms. The van der Waals surface area contributed by atoms with Crippen LogP contribution in [0.15, 0.2) is 11.1 Å². The highest BCUT2D eigenvalue weighted by atomic mass is 35.5. The van der Waals surface area contributed by atoms with E-state index in [0.29, 0.717) is 0 Å². The van der Waals surface area contributed by atoms with Crippen molar-refractivity contribution in [1.29, 1.82) is 0 Å². The second-order valence-corrected chi connectivity index (χ2v) is 9.03. The zero-order valence-corrected chi connectivity index (χ0v) is 16.0. The number of carboxylic acid groups (broad SMARTS) is 1. The van der Waals surface area contributed by atoms with Crippen LogP contribution in [0.25, 0.3) is 0 Å². The summed E-state index contributed by atoms with van der Waals surface area (Å²) in [5, 5.41) is 11.5. The van der Waals surface area contributed by atoms with Crippen LogP contribution in [0.2, 0.25) is 0 Å². The summed E-state index contributed by atoms with van der Waals surface area (Å²) in [5.74, 6) is -1.29. The number of hydrogen-bond donors (Lipinski definition) is 2. The lowest BCUT2D eigenvalue weighted by molar-refractivity contribution is -0.133. The molecule has 0 spiro atoms. The first kappa shape index (κ1) is 19.9. The van der Waals surface area contributed by atoms with Crippen LogP contribution in [0.1, 0.15) is 38.5 Å². The van der Waals surface area contributed by atoms with Gasteiger partial charge in [-0.2, -0.15) is 11.8 Å². The third kappa shape index (κ3) is 4.19. The molecular weight excluding hydrogens is 384 g/mol. The summed E-state index contributed by atoms with van der Waals surface area (Å²) in [6.45, 7) is 0. The smallest absolute Gasteiger partial charge is 0.332 e. The van der Waals surface area contributed by atoms with Gasteiger partial charge in [0.25, 0.3) is 0 Å². The van der Waals surface area contributed by atoms with Gasteiger partial charge in [-0.15, -0.1) is 11.6 Å². The van der Waals surface area contributed by atoms with E-state index >= 15 is 0 Å². The molecule has 0 aromatic carbocycles. The van der Waals surface area contributed by atoms with Crippen LogP contribution < -0.4 is 5.32 Å². The van der Waals surface area contributed by atoms with Crippen molar-refractivity contribution in [2.75, 3.05) is 11.5 Å². The Morgan fingerprint density at radius 3 is 2.31 bits per heavy atom. The number of thioether (sulfide) groups is 1. The van der Waals surface area contributed by atoms with E-state index in [1.807, 2.05) is 0 Å². The molecule has 4 nitrogen and oxygen atoms in total. The number of nitrogens with one attached hydrogen (secondary N) is 1. The minimum Gasteiger partial charge on any atom is -0.478 e. The predicted octanol–water partition coefficient (Wildman–Crippen LogP) is 3.48. The van der Waals surface area contributed by atoms with Gasteiger partial charge in [0, 0.05) is 22.5 Å². The molecule has 0 bridgehead atoms. The summed E-state index contributed by atoms with van der Waals surface area (Å²) in [6, 6.07) is -1.22. The molecular formula is C18H24ClF2NO3S. The largest absolute Gasteiger partial charge is 0.478 e.